The van der Waals surface area contributed by atoms with Crippen molar-refractivity contribution in [2.45, 2.75) is 50.5 Å². The Kier molecular flexibility index (Phi) is 6.64. The molecule has 0 unspecified atom stereocenters. The molecule has 2 rings (SSSR count). The minimum atomic E-state index is -3.37. The van der Waals surface area contributed by atoms with Gasteiger partial charge in [0.1, 0.15) is 5.60 Å². The zero-order valence-corrected chi connectivity index (χ0v) is 17.2. The normalized spacial score (nSPS) is 16.0. The monoisotopic (exact) mass is 396 g/mol. The van der Waals surface area contributed by atoms with Crippen LogP contribution in [0.4, 0.5) is 10.5 Å². The zero-order valence-electron chi connectivity index (χ0n) is 16.4. The summed E-state index contributed by atoms with van der Waals surface area (Å²) in [6, 6.07) is 5.68. The molecule has 8 heteroatoms. The molecule has 0 atom stereocenters. The number of anilines is 1. The zero-order chi connectivity index (χ0) is 20.2. The summed E-state index contributed by atoms with van der Waals surface area (Å²) >= 11 is 0. The van der Waals surface area contributed by atoms with Crippen LogP contribution in [0.15, 0.2) is 29.2 Å². The third kappa shape index (κ3) is 6.32. The molecule has 1 aromatic rings. The van der Waals surface area contributed by atoms with Crippen molar-refractivity contribution in [1.82, 2.24) is 4.90 Å². The van der Waals surface area contributed by atoms with Gasteiger partial charge in [0, 0.05) is 6.26 Å². The number of hydrogen-bond acceptors (Lipinski definition) is 6. The molecule has 2 amide bonds. The third-order valence-corrected chi connectivity index (χ3v) is 5.28. The number of likely N-dealkylation sites (tertiary alicyclic amines) is 1. The van der Waals surface area contributed by atoms with Gasteiger partial charge < -0.3 is 4.74 Å². The molecule has 0 saturated carbocycles. The maximum atomic E-state index is 12.9. The van der Waals surface area contributed by atoms with E-state index in [9.17, 15) is 18.0 Å². The molecule has 0 bridgehead atoms. The van der Waals surface area contributed by atoms with Crippen molar-refractivity contribution in [1.29, 1.82) is 0 Å². The summed E-state index contributed by atoms with van der Waals surface area (Å²) in [5, 5.41) is 0. The van der Waals surface area contributed by atoms with E-state index in [1.165, 1.54) is 24.3 Å². The van der Waals surface area contributed by atoms with Crippen LogP contribution in [0.5, 0.6) is 0 Å². The second-order valence-corrected chi connectivity index (χ2v) is 9.83. The topological polar surface area (TPSA) is 84.0 Å². The number of nitrogens with zero attached hydrogens (tertiary/aromatic N) is 2. The fourth-order valence-electron chi connectivity index (χ4n) is 2.88. The van der Waals surface area contributed by atoms with E-state index in [0.717, 1.165) is 43.5 Å². The fraction of sp³-hybridized carbons (Fsp3) is 0.579. The summed E-state index contributed by atoms with van der Waals surface area (Å²) in [4.78, 5) is 28.7. The number of ether oxygens (including phenoxy) is 1. The molecule has 0 radical (unpaired) electrons. The molecule has 0 aromatic heterocycles. The van der Waals surface area contributed by atoms with E-state index in [-0.39, 0.29) is 11.4 Å². The van der Waals surface area contributed by atoms with Crippen LogP contribution in [0.3, 0.4) is 0 Å². The third-order valence-electron chi connectivity index (χ3n) is 4.16. The fourth-order valence-corrected chi connectivity index (χ4v) is 3.51. The summed E-state index contributed by atoms with van der Waals surface area (Å²) in [6.45, 7) is 6.94. The first-order valence-electron chi connectivity index (χ1n) is 9.06. The molecule has 150 valence electrons. The Bertz CT molecular complexity index is 775. The average Bonchev–Trinajstić information content (AvgIpc) is 2.54. The van der Waals surface area contributed by atoms with Gasteiger partial charge in [-0.3, -0.25) is 9.69 Å². The molecule has 27 heavy (non-hydrogen) atoms. The summed E-state index contributed by atoms with van der Waals surface area (Å²) in [7, 11) is -3.37. The highest BCUT2D eigenvalue weighted by Gasteiger charge is 2.30. The van der Waals surface area contributed by atoms with E-state index in [1.54, 1.807) is 20.8 Å². The van der Waals surface area contributed by atoms with Gasteiger partial charge in [0.05, 0.1) is 17.1 Å². The summed E-state index contributed by atoms with van der Waals surface area (Å²) < 4.78 is 28.7. The Morgan fingerprint density at radius 2 is 1.63 bits per heavy atom. The van der Waals surface area contributed by atoms with Gasteiger partial charge in [-0.05, 0) is 71.0 Å². The SMILES string of the molecule is CC(C)(C)OC(=O)N(C(=O)CN1CCCCC1)c1ccc(S(C)(=O)=O)cc1. The first kappa shape index (κ1) is 21.4. The van der Waals surface area contributed by atoms with Gasteiger partial charge in [-0.15, -0.1) is 0 Å². The van der Waals surface area contributed by atoms with E-state index in [1.807, 2.05) is 4.90 Å². The van der Waals surface area contributed by atoms with Crippen LogP contribution >= 0.6 is 0 Å². The van der Waals surface area contributed by atoms with Gasteiger partial charge in [-0.25, -0.2) is 18.1 Å². The standard InChI is InChI=1S/C19H28N2O5S/c1-19(2,3)26-18(23)21(17(22)14-20-12-6-5-7-13-20)15-8-10-16(11-9-15)27(4,24)25/h8-11H,5-7,12-14H2,1-4H3. The summed E-state index contributed by atoms with van der Waals surface area (Å²) in [6.07, 6.45) is 3.55. The molecule has 1 aliphatic rings. The van der Waals surface area contributed by atoms with Crippen LogP contribution < -0.4 is 4.90 Å². The second-order valence-electron chi connectivity index (χ2n) is 7.81. The van der Waals surface area contributed by atoms with Gasteiger partial charge in [0.15, 0.2) is 9.84 Å². The predicted molar refractivity (Wildman–Crippen MR) is 104 cm³/mol. The lowest BCUT2D eigenvalue weighted by molar-refractivity contribution is -0.119. The molecule has 1 fully saturated rings. The van der Waals surface area contributed by atoms with E-state index < -0.39 is 27.4 Å². The van der Waals surface area contributed by atoms with E-state index >= 15 is 0 Å². The molecular formula is C19H28N2O5S. The smallest absolute Gasteiger partial charge is 0.421 e. The van der Waals surface area contributed by atoms with Crippen LogP contribution in [0.25, 0.3) is 0 Å². The summed E-state index contributed by atoms with van der Waals surface area (Å²) in [5.74, 6) is -0.391. The number of carbonyl (C=O) groups is 2. The molecule has 1 aromatic carbocycles. The first-order chi connectivity index (χ1) is 12.5. The Labute approximate surface area is 161 Å². The quantitative estimate of drug-likeness (QED) is 0.778. The number of amides is 2. The molecule has 1 saturated heterocycles. The molecule has 7 nitrogen and oxygen atoms in total. The van der Waals surface area contributed by atoms with Gasteiger partial charge in [0.2, 0.25) is 0 Å². The molecule has 0 aliphatic carbocycles. The minimum Gasteiger partial charge on any atom is -0.443 e. The highest BCUT2D eigenvalue weighted by Crippen LogP contribution is 2.22. The van der Waals surface area contributed by atoms with Crippen molar-refractivity contribution in [2.24, 2.45) is 0 Å². The largest absolute Gasteiger partial charge is 0.443 e. The highest BCUT2D eigenvalue weighted by atomic mass is 32.2. The van der Waals surface area contributed by atoms with Gasteiger partial charge in [0.25, 0.3) is 5.91 Å². The number of benzene rings is 1. The minimum absolute atomic E-state index is 0.118. The lowest BCUT2D eigenvalue weighted by Crippen LogP contribution is -2.46. The number of carbonyl (C=O) groups excluding carboxylic acids is 2. The molecule has 0 N–H and O–H groups in total. The number of hydrogen-bond donors (Lipinski definition) is 0. The number of rotatable bonds is 4. The van der Waals surface area contributed by atoms with Gasteiger partial charge >= 0.3 is 6.09 Å². The molecule has 1 aliphatic heterocycles. The van der Waals surface area contributed by atoms with E-state index in [2.05, 4.69) is 0 Å². The average molecular weight is 397 g/mol. The van der Waals surface area contributed by atoms with E-state index in [0.29, 0.717) is 5.69 Å². The molecular weight excluding hydrogens is 368 g/mol. The van der Waals surface area contributed by atoms with Crippen molar-refractivity contribution in [3.05, 3.63) is 24.3 Å². The van der Waals surface area contributed by atoms with Gasteiger partial charge in [-0.2, -0.15) is 0 Å². The van der Waals surface area contributed by atoms with Crippen LogP contribution in [-0.2, 0) is 19.4 Å². The molecule has 0 spiro atoms. The first-order valence-corrected chi connectivity index (χ1v) is 10.9. The number of piperidine rings is 1. The number of imide groups is 1. The van der Waals surface area contributed by atoms with Crippen molar-refractivity contribution in [2.75, 3.05) is 30.8 Å². The Balaban J connectivity index is 2.28. The van der Waals surface area contributed by atoms with Crippen molar-refractivity contribution in [3.8, 4) is 0 Å². The Morgan fingerprint density at radius 1 is 1.07 bits per heavy atom. The second kappa shape index (κ2) is 8.39. The van der Waals surface area contributed by atoms with Crippen LogP contribution in [-0.4, -0.2) is 56.8 Å². The van der Waals surface area contributed by atoms with Crippen molar-refractivity contribution in [3.63, 3.8) is 0 Å². The van der Waals surface area contributed by atoms with Crippen molar-refractivity contribution < 1.29 is 22.7 Å². The lowest BCUT2D eigenvalue weighted by Gasteiger charge is -2.30. The van der Waals surface area contributed by atoms with E-state index in [4.69, 9.17) is 4.74 Å². The predicted octanol–water partition coefficient (Wildman–Crippen LogP) is 2.84. The maximum absolute atomic E-state index is 12.9. The van der Waals surface area contributed by atoms with Gasteiger partial charge in [-0.1, -0.05) is 6.42 Å². The van der Waals surface area contributed by atoms with Crippen LogP contribution in [0, 0.1) is 0 Å². The molecule has 1 heterocycles. The van der Waals surface area contributed by atoms with Crippen molar-refractivity contribution >= 4 is 27.5 Å². The summed E-state index contributed by atoms with van der Waals surface area (Å²) in [5.41, 5.74) is -0.466. The van der Waals surface area contributed by atoms with Crippen LogP contribution in [0.2, 0.25) is 0 Å². The lowest BCUT2D eigenvalue weighted by atomic mass is 10.1. The highest BCUT2D eigenvalue weighted by molar-refractivity contribution is 7.90. The Hall–Kier alpha value is -1.93. The maximum Gasteiger partial charge on any atom is 0.421 e. The van der Waals surface area contributed by atoms with Crippen LogP contribution in [0.1, 0.15) is 40.0 Å². The Morgan fingerprint density at radius 3 is 2.11 bits per heavy atom. The number of sulfone groups is 1.